The summed E-state index contributed by atoms with van der Waals surface area (Å²) >= 11 is 0. The maximum atomic E-state index is 5.57. The minimum Gasteiger partial charge on any atom is -0.330 e. The zero-order chi connectivity index (χ0) is 12.5. The van der Waals surface area contributed by atoms with E-state index in [1.165, 1.54) is 31.4 Å². The molecule has 2 heteroatoms. The summed E-state index contributed by atoms with van der Waals surface area (Å²) in [5.41, 5.74) is 7.02. The highest BCUT2D eigenvalue weighted by atomic mass is 15.1. The van der Waals surface area contributed by atoms with E-state index >= 15 is 0 Å². The van der Waals surface area contributed by atoms with Gasteiger partial charge in [0.05, 0.1) is 0 Å². The lowest BCUT2D eigenvalue weighted by atomic mass is 10.1. The second-order valence-electron chi connectivity index (χ2n) is 4.85. The summed E-state index contributed by atoms with van der Waals surface area (Å²) in [4.78, 5) is 2.41. The van der Waals surface area contributed by atoms with Crippen LogP contribution in [0.3, 0.4) is 0 Å². The molecule has 1 unspecified atom stereocenters. The Morgan fingerprint density at radius 3 is 2.53 bits per heavy atom. The summed E-state index contributed by atoms with van der Waals surface area (Å²) in [5.74, 6) is 0. The van der Waals surface area contributed by atoms with Crippen molar-refractivity contribution in [3.05, 3.63) is 35.9 Å². The first-order valence-electron chi connectivity index (χ1n) is 6.68. The minimum absolute atomic E-state index is 0.608. The third kappa shape index (κ3) is 5.85. The number of aryl methyl sites for hydroxylation is 1. The van der Waals surface area contributed by atoms with E-state index in [-0.39, 0.29) is 0 Å². The molecule has 17 heavy (non-hydrogen) atoms. The Hall–Kier alpha value is -0.860. The Labute approximate surface area is 106 Å². The molecule has 1 rings (SSSR count). The van der Waals surface area contributed by atoms with Gasteiger partial charge in [-0.25, -0.2) is 0 Å². The van der Waals surface area contributed by atoms with Crippen LogP contribution in [-0.2, 0) is 6.42 Å². The predicted molar refractivity (Wildman–Crippen MR) is 75.1 cm³/mol. The predicted octanol–water partition coefficient (Wildman–Crippen LogP) is 2.68. The first-order valence-corrected chi connectivity index (χ1v) is 6.68. The zero-order valence-electron chi connectivity index (χ0n) is 11.2. The van der Waals surface area contributed by atoms with Crippen molar-refractivity contribution in [3.63, 3.8) is 0 Å². The van der Waals surface area contributed by atoms with Crippen molar-refractivity contribution in [1.82, 2.24) is 4.90 Å². The highest BCUT2D eigenvalue weighted by Gasteiger charge is 2.06. The average molecular weight is 234 g/mol. The summed E-state index contributed by atoms with van der Waals surface area (Å²) in [6.07, 6.45) is 4.82. The summed E-state index contributed by atoms with van der Waals surface area (Å²) in [7, 11) is 2.20. The number of nitrogens with zero attached hydrogens (tertiary/aromatic N) is 1. The maximum absolute atomic E-state index is 5.57. The monoisotopic (exact) mass is 234 g/mol. The van der Waals surface area contributed by atoms with E-state index in [4.69, 9.17) is 5.73 Å². The van der Waals surface area contributed by atoms with Gasteiger partial charge in [0.15, 0.2) is 0 Å². The van der Waals surface area contributed by atoms with Gasteiger partial charge in [-0.3, -0.25) is 0 Å². The third-order valence-electron chi connectivity index (χ3n) is 3.41. The lowest BCUT2D eigenvalue weighted by molar-refractivity contribution is 0.244. The van der Waals surface area contributed by atoms with E-state index in [0.29, 0.717) is 6.04 Å². The van der Waals surface area contributed by atoms with Crippen LogP contribution >= 0.6 is 0 Å². The highest BCUT2D eigenvalue weighted by Crippen LogP contribution is 2.07. The Kier molecular flexibility index (Phi) is 6.90. The average Bonchev–Trinajstić information content (AvgIpc) is 2.36. The number of benzene rings is 1. The number of rotatable bonds is 8. The van der Waals surface area contributed by atoms with Crippen molar-refractivity contribution in [2.24, 2.45) is 5.73 Å². The fourth-order valence-corrected chi connectivity index (χ4v) is 2.02. The van der Waals surface area contributed by atoms with E-state index in [0.717, 1.165) is 13.0 Å². The second-order valence-corrected chi connectivity index (χ2v) is 4.85. The molecule has 2 N–H and O–H groups in total. The summed E-state index contributed by atoms with van der Waals surface area (Å²) in [6, 6.07) is 11.3. The van der Waals surface area contributed by atoms with Crippen LogP contribution in [0.25, 0.3) is 0 Å². The Bertz CT molecular complexity index is 284. The normalized spacial score (nSPS) is 12.9. The SMILES string of the molecule is CC(CCN)N(C)CCCCc1ccccc1. The molecule has 0 saturated heterocycles. The molecule has 0 saturated carbocycles. The van der Waals surface area contributed by atoms with Crippen molar-refractivity contribution >= 4 is 0 Å². The van der Waals surface area contributed by atoms with Gasteiger partial charge in [-0.1, -0.05) is 30.3 Å². The smallest absolute Gasteiger partial charge is 0.00758 e. The molecule has 1 aromatic carbocycles. The lowest BCUT2D eigenvalue weighted by Gasteiger charge is -2.24. The van der Waals surface area contributed by atoms with E-state index in [1.807, 2.05) is 0 Å². The van der Waals surface area contributed by atoms with Crippen molar-refractivity contribution < 1.29 is 0 Å². The molecule has 0 radical (unpaired) electrons. The van der Waals surface area contributed by atoms with Gasteiger partial charge >= 0.3 is 0 Å². The molecule has 0 bridgehead atoms. The molecule has 0 aliphatic heterocycles. The summed E-state index contributed by atoms with van der Waals surface area (Å²) in [5, 5.41) is 0. The first-order chi connectivity index (χ1) is 8.24. The maximum Gasteiger partial charge on any atom is 0.00758 e. The third-order valence-corrected chi connectivity index (χ3v) is 3.41. The molecule has 0 aliphatic carbocycles. The first kappa shape index (κ1) is 14.2. The van der Waals surface area contributed by atoms with E-state index in [2.05, 4.69) is 49.2 Å². The van der Waals surface area contributed by atoms with Gasteiger partial charge in [-0.2, -0.15) is 0 Å². The van der Waals surface area contributed by atoms with Crippen molar-refractivity contribution in [2.45, 2.75) is 38.6 Å². The van der Waals surface area contributed by atoms with Crippen LogP contribution in [0.15, 0.2) is 30.3 Å². The van der Waals surface area contributed by atoms with Gasteiger partial charge < -0.3 is 10.6 Å². The summed E-state index contributed by atoms with van der Waals surface area (Å²) in [6.45, 7) is 4.22. The topological polar surface area (TPSA) is 29.3 Å². The Morgan fingerprint density at radius 1 is 1.18 bits per heavy atom. The molecule has 0 aromatic heterocycles. The molecular weight excluding hydrogens is 208 g/mol. The van der Waals surface area contributed by atoms with Gasteiger partial charge in [0.25, 0.3) is 0 Å². The van der Waals surface area contributed by atoms with Gasteiger partial charge in [0, 0.05) is 6.04 Å². The van der Waals surface area contributed by atoms with Crippen LogP contribution in [0, 0.1) is 0 Å². The van der Waals surface area contributed by atoms with Gasteiger partial charge in [0.2, 0.25) is 0 Å². The zero-order valence-corrected chi connectivity index (χ0v) is 11.2. The standard InChI is InChI=1S/C15H26N2/c1-14(11-12-16)17(2)13-7-6-10-15-8-4-3-5-9-15/h3-5,8-9,14H,6-7,10-13,16H2,1-2H3. The van der Waals surface area contributed by atoms with Crippen molar-refractivity contribution in [2.75, 3.05) is 20.1 Å². The molecule has 2 nitrogen and oxygen atoms in total. The van der Waals surface area contributed by atoms with Crippen LogP contribution in [0.2, 0.25) is 0 Å². The van der Waals surface area contributed by atoms with Crippen LogP contribution in [0.1, 0.15) is 31.7 Å². The molecule has 0 fully saturated rings. The van der Waals surface area contributed by atoms with E-state index in [1.54, 1.807) is 0 Å². The molecule has 96 valence electrons. The lowest BCUT2D eigenvalue weighted by Crippen LogP contribution is -2.31. The highest BCUT2D eigenvalue weighted by molar-refractivity contribution is 5.14. The molecule has 1 aromatic rings. The second kappa shape index (κ2) is 8.26. The van der Waals surface area contributed by atoms with Gasteiger partial charge in [-0.15, -0.1) is 0 Å². The number of hydrogen-bond donors (Lipinski definition) is 1. The number of hydrogen-bond acceptors (Lipinski definition) is 2. The van der Waals surface area contributed by atoms with Gasteiger partial charge in [0.1, 0.15) is 0 Å². The molecule has 0 aliphatic rings. The van der Waals surface area contributed by atoms with Crippen LogP contribution in [-0.4, -0.2) is 31.1 Å². The van der Waals surface area contributed by atoms with Crippen molar-refractivity contribution in [1.29, 1.82) is 0 Å². The van der Waals surface area contributed by atoms with E-state index in [9.17, 15) is 0 Å². The quantitative estimate of drug-likeness (QED) is 0.701. The molecule has 0 amide bonds. The van der Waals surface area contributed by atoms with Crippen molar-refractivity contribution in [3.8, 4) is 0 Å². The fourth-order valence-electron chi connectivity index (χ4n) is 2.02. The molecule has 0 spiro atoms. The number of unbranched alkanes of at least 4 members (excludes halogenated alkanes) is 1. The van der Waals surface area contributed by atoms with Crippen LogP contribution in [0.5, 0.6) is 0 Å². The Balaban J connectivity index is 2.12. The van der Waals surface area contributed by atoms with Gasteiger partial charge in [-0.05, 0) is 58.3 Å². The number of nitrogens with two attached hydrogens (primary N) is 1. The van der Waals surface area contributed by atoms with E-state index < -0.39 is 0 Å². The van der Waals surface area contributed by atoms with Crippen LogP contribution < -0.4 is 5.73 Å². The largest absolute Gasteiger partial charge is 0.330 e. The summed E-state index contributed by atoms with van der Waals surface area (Å²) < 4.78 is 0. The molecular formula is C15H26N2. The Morgan fingerprint density at radius 2 is 1.88 bits per heavy atom. The molecule has 0 heterocycles. The fraction of sp³-hybridized carbons (Fsp3) is 0.600. The molecule has 1 atom stereocenters. The van der Waals surface area contributed by atoms with Crippen LogP contribution in [0.4, 0.5) is 0 Å². The minimum atomic E-state index is 0.608.